The van der Waals surface area contributed by atoms with E-state index in [0.29, 0.717) is 0 Å². The molecule has 0 N–H and O–H groups in total. The summed E-state index contributed by atoms with van der Waals surface area (Å²) in [5.74, 6) is 0. The molecule has 0 bridgehead atoms. The van der Waals surface area contributed by atoms with Crippen molar-refractivity contribution in [3.05, 3.63) is 116 Å². The zero-order chi connectivity index (χ0) is 25.2. The minimum Gasteiger partial charge on any atom is -0.0587 e. The Hall–Kier alpha value is -3.12. The number of benzene rings is 4. The Labute approximate surface area is 207 Å². The summed E-state index contributed by atoms with van der Waals surface area (Å²) < 4.78 is 0. The van der Waals surface area contributed by atoms with Gasteiger partial charge in [0.05, 0.1) is 0 Å². The molecule has 34 heavy (non-hydrogen) atoms. The van der Waals surface area contributed by atoms with E-state index in [4.69, 9.17) is 0 Å². The molecule has 0 spiro atoms. The summed E-state index contributed by atoms with van der Waals surface area (Å²) in [6.45, 7) is 21.8. The predicted molar refractivity (Wildman–Crippen MR) is 151 cm³/mol. The maximum Gasteiger partial charge on any atom is -0.0120 e. The van der Waals surface area contributed by atoms with E-state index in [2.05, 4.69) is 130 Å². The van der Waals surface area contributed by atoms with Crippen molar-refractivity contribution in [3.8, 4) is 22.3 Å². The van der Waals surface area contributed by atoms with Crippen LogP contribution in [-0.4, -0.2) is 0 Å². The fourth-order valence-electron chi connectivity index (χ4n) is 5.38. The molecule has 0 nitrogen and oxygen atoms in total. The fraction of sp³-hybridized carbons (Fsp3) is 0.294. The van der Waals surface area contributed by atoms with E-state index in [-0.39, 0.29) is 0 Å². The first-order valence-electron chi connectivity index (χ1n) is 12.3. The molecule has 0 radical (unpaired) electrons. The van der Waals surface area contributed by atoms with Gasteiger partial charge in [0.2, 0.25) is 0 Å². The fourth-order valence-corrected chi connectivity index (χ4v) is 5.38. The van der Waals surface area contributed by atoms with Crippen LogP contribution in [0.25, 0.3) is 22.3 Å². The van der Waals surface area contributed by atoms with Crippen LogP contribution in [0.3, 0.4) is 0 Å². The van der Waals surface area contributed by atoms with E-state index in [1.807, 2.05) is 0 Å². The lowest BCUT2D eigenvalue weighted by Gasteiger charge is -2.17. The van der Waals surface area contributed by atoms with Gasteiger partial charge in [-0.15, -0.1) is 0 Å². The van der Waals surface area contributed by atoms with Crippen LogP contribution in [0.2, 0.25) is 0 Å². The smallest absolute Gasteiger partial charge is 0.0120 e. The molecule has 0 saturated carbocycles. The molecule has 0 fully saturated rings. The lowest BCUT2D eigenvalue weighted by atomic mass is 9.87. The second kappa shape index (κ2) is 10.4. The molecule has 4 aromatic rings. The molecule has 0 aromatic heterocycles. The highest BCUT2D eigenvalue weighted by atomic mass is 14.2. The third-order valence-electron chi connectivity index (χ3n) is 6.66. The molecule has 176 valence electrons. The molecule has 4 rings (SSSR count). The monoisotopic (exact) mass is 448 g/mol. The Bertz CT molecular complexity index is 1180. The topological polar surface area (TPSA) is 0 Å². The van der Waals surface area contributed by atoms with Gasteiger partial charge in [-0.3, -0.25) is 0 Å². The highest BCUT2D eigenvalue weighted by Crippen LogP contribution is 2.34. The molecule has 0 saturated heterocycles. The third-order valence-corrected chi connectivity index (χ3v) is 6.66. The van der Waals surface area contributed by atoms with Crippen LogP contribution in [0.4, 0.5) is 0 Å². The Morgan fingerprint density at radius 1 is 0.294 bits per heavy atom. The first-order valence-corrected chi connectivity index (χ1v) is 12.3. The Balaban J connectivity index is 0.000000192. The zero-order valence-corrected chi connectivity index (χ0v) is 22.8. The van der Waals surface area contributed by atoms with E-state index in [0.717, 1.165) is 0 Å². The SMILES string of the molecule is Cc1cc(C)c(-c2c(C)cc(C)cc2C)c(C)c1.Cc1ccc(-c2ccc(C)cc2C)c(C)c1. The van der Waals surface area contributed by atoms with Crippen molar-refractivity contribution >= 4 is 0 Å². The highest BCUT2D eigenvalue weighted by Gasteiger charge is 2.12. The van der Waals surface area contributed by atoms with Crippen LogP contribution in [-0.2, 0) is 0 Å². The molecule has 0 atom stereocenters. The largest absolute Gasteiger partial charge is 0.0587 e. The van der Waals surface area contributed by atoms with E-state index in [1.54, 1.807) is 0 Å². The van der Waals surface area contributed by atoms with Gasteiger partial charge < -0.3 is 0 Å². The first kappa shape index (κ1) is 25.5. The van der Waals surface area contributed by atoms with Crippen molar-refractivity contribution < 1.29 is 0 Å². The van der Waals surface area contributed by atoms with Gasteiger partial charge in [0, 0.05) is 0 Å². The molecule has 0 heterocycles. The van der Waals surface area contributed by atoms with Gasteiger partial charge in [-0.2, -0.15) is 0 Å². The Morgan fingerprint density at radius 2 is 0.559 bits per heavy atom. The summed E-state index contributed by atoms with van der Waals surface area (Å²) >= 11 is 0. The quantitative estimate of drug-likeness (QED) is 0.286. The summed E-state index contributed by atoms with van der Waals surface area (Å²) in [7, 11) is 0. The molecular weight excluding hydrogens is 408 g/mol. The van der Waals surface area contributed by atoms with E-state index >= 15 is 0 Å². The van der Waals surface area contributed by atoms with Gasteiger partial charge in [-0.1, -0.05) is 82.9 Å². The summed E-state index contributed by atoms with van der Waals surface area (Å²) in [5, 5.41) is 0. The lowest BCUT2D eigenvalue weighted by Crippen LogP contribution is -1.96. The summed E-state index contributed by atoms with van der Waals surface area (Å²) in [6.07, 6.45) is 0. The van der Waals surface area contributed by atoms with E-state index in [9.17, 15) is 0 Å². The van der Waals surface area contributed by atoms with Crippen molar-refractivity contribution in [2.24, 2.45) is 0 Å². The van der Waals surface area contributed by atoms with Crippen LogP contribution in [0, 0.1) is 69.2 Å². The van der Waals surface area contributed by atoms with Gasteiger partial charge in [0.1, 0.15) is 0 Å². The molecule has 0 heteroatoms. The maximum absolute atomic E-state index is 2.28. The molecular formula is C34H40. The van der Waals surface area contributed by atoms with Gasteiger partial charge in [0.25, 0.3) is 0 Å². The van der Waals surface area contributed by atoms with Crippen LogP contribution in [0.1, 0.15) is 55.6 Å². The molecule has 0 aliphatic heterocycles. The second-order valence-electron chi connectivity index (χ2n) is 10.2. The third kappa shape index (κ3) is 5.68. The molecule has 4 aromatic carbocycles. The van der Waals surface area contributed by atoms with Gasteiger partial charge in [-0.05, 0) is 125 Å². The van der Waals surface area contributed by atoms with Crippen molar-refractivity contribution in [2.45, 2.75) is 69.2 Å². The normalized spacial score (nSPS) is 10.6. The maximum atomic E-state index is 2.28. The Kier molecular flexibility index (Phi) is 7.82. The zero-order valence-electron chi connectivity index (χ0n) is 22.8. The summed E-state index contributed by atoms with van der Waals surface area (Å²) in [5.41, 5.74) is 19.1. The lowest BCUT2D eigenvalue weighted by molar-refractivity contribution is 1.27. The van der Waals surface area contributed by atoms with Crippen LogP contribution in [0.15, 0.2) is 60.7 Å². The van der Waals surface area contributed by atoms with Gasteiger partial charge >= 0.3 is 0 Å². The number of aryl methyl sites for hydroxylation is 10. The van der Waals surface area contributed by atoms with Crippen molar-refractivity contribution in [1.82, 2.24) is 0 Å². The summed E-state index contributed by atoms with van der Waals surface area (Å²) in [6, 6.07) is 22.4. The van der Waals surface area contributed by atoms with E-state index < -0.39 is 0 Å². The number of hydrogen-bond donors (Lipinski definition) is 0. The predicted octanol–water partition coefficient (Wildman–Crippen LogP) is 9.79. The number of hydrogen-bond acceptors (Lipinski definition) is 0. The average molecular weight is 449 g/mol. The van der Waals surface area contributed by atoms with Gasteiger partial charge in [0.15, 0.2) is 0 Å². The molecule has 0 amide bonds. The Morgan fingerprint density at radius 3 is 0.824 bits per heavy atom. The minimum atomic E-state index is 1.33. The molecule has 0 unspecified atom stereocenters. The average Bonchev–Trinajstić information content (AvgIpc) is 2.70. The number of rotatable bonds is 2. The van der Waals surface area contributed by atoms with Gasteiger partial charge in [-0.25, -0.2) is 0 Å². The standard InChI is InChI=1S/C18H22.C16H18/c1-11-7-13(3)17(14(4)8-11)18-15(5)9-12(2)10-16(18)6;1-11-5-7-15(13(3)9-11)16-8-6-12(2)10-14(16)4/h7-10H,1-6H3;5-10H,1-4H3. The van der Waals surface area contributed by atoms with Crippen molar-refractivity contribution in [1.29, 1.82) is 0 Å². The summed E-state index contributed by atoms with van der Waals surface area (Å²) in [4.78, 5) is 0. The second-order valence-corrected chi connectivity index (χ2v) is 10.2. The van der Waals surface area contributed by atoms with Crippen LogP contribution in [0.5, 0.6) is 0 Å². The van der Waals surface area contributed by atoms with Crippen molar-refractivity contribution in [2.75, 3.05) is 0 Å². The van der Waals surface area contributed by atoms with E-state index in [1.165, 1.54) is 77.9 Å². The molecule has 0 aliphatic carbocycles. The van der Waals surface area contributed by atoms with Crippen LogP contribution >= 0.6 is 0 Å². The van der Waals surface area contributed by atoms with Crippen LogP contribution < -0.4 is 0 Å². The first-order chi connectivity index (χ1) is 16.0. The minimum absolute atomic E-state index is 1.33. The van der Waals surface area contributed by atoms with Crippen molar-refractivity contribution in [3.63, 3.8) is 0 Å². The molecule has 0 aliphatic rings. The highest BCUT2D eigenvalue weighted by molar-refractivity contribution is 5.77.